The van der Waals surface area contributed by atoms with Gasteiger partial charge in [-0.3, -0.25) is 4.79 Å². The standard InChI is InChI=1S/C15H18N2O3/c1-15(2,3)13(18)12(9-16)14(19)17-10-6-5-7-11(8-10)20-4/h5-8,18H,1-4H3,(H,17,19)/b13-12-. The van der Waals surface area contributed by atoms with Crippen LogP contribution in [0.4, 0.5) is 5.69 Å². The molecule has 0 fully saturated rings. The van der Waals surface area contributed by atoms with Crippen LogP contribution < -0.4 is 10.1 Å². The van der Waals surface area contributed by atoms with Crippen LogP contribution in [0.5, 0.6) is 5.75 Å². The number of nitrogens with zero attached hydrogens (tertiary/aromatic N) is 1. The van der Waals surface area contributed by atoms with E-state index in [0.717, 1.165) is 0 Å². The van der Waals surface area contributed by atoms with Crippen molar-refractivity contribution >= 4 is 11.6 Å². The van der Waals surface area contributed by atoms with Gasteiger partial charge >= 0.3 is 0 Å². The highest BCUT2D eigenvalue weighted by atomic mass is 16.5. The van der Waals surface area contributed by atoms with Crippen LogP contribution in [0, 0.1) is 16.7 Å². The summed E-state index contributed by atoms with van der Waals surface area (Å²) in [5.41, 5.74) is -0.472. The maximum absolute atomic E-state index is 12.0. The lowest BCUT2D eigenvalue weighted by Gasteiger charge is -2.18. The third kappa shape index (κ3) is 3.75. The van der Waals surface area contributed by atoms with E-state index < -0.39 is 11.3 Å². The normalized spacial score (nSPS) is 12.2. The number of anilines is 1. The minimum absolute atomic E-state index is 0.236. The molecule has 0 bridgehead atoms. The van der Waals surface area contributed by atoms with Crippen molar-refractivity contribution in [2.45, 2.75) is 20.8 Å². The van der Waals surface area contributed by atoms with E-state index in [1.807, 2.05) is 0 Å². The third-order valence-corrected chi connectivity index (χ3v) is 2.61. The van der Waals surface area contributed by atoms with Gasteiger partial charge in [0, 0.05) is 17.2 Å². The Hall–Kier alpha value is -2.48. The van der Waals surface area contributed by atoms with Gasteiger partial charge in [0.05, 0.1) is 7.11 Å². The lowest BCUT2D eigenvalue weighted by molar-refractivity contribution is -0.112. The van der Waals surface area contributed by atoms with Gasteiger partial charge in [-0.1, -0.05) is 26.8 Å². The molecule has 0 unspecified atom stereocenters. The van der Waals surface area contributed by atoms with Crippen LogP contribution in [0.3, 0.4) is 0 Å². The number of rotatable bonds is 3. The van der Waals surface area contributed by atoms with Crippen LogP contribution in [-0.2, 0) is 4.79 Å². The molecule has 0 spiro atoms. The topological polar surface area (TPSA) is 82.3 Å². The van der Waals surface area contributed by atoms with Gasteiger partial charge < -0.3 is 15.2 Å². The highest BCUT2D eigenvalue weighted by Gasteiger charge is 2.25. The molecule has 0 aromatic heterocycles. The molecule has 1 aromatic carbocycles. The van der Waals surface area contributed by atoms with Crippen molar-refractivity contribution in [2.75, 3.05) is 12.4 Å². The molecule has 20 heavy (non-hydrogen) atoms. The van der Waals surface area contributed by atoms with Gasteiger partial charge in [-0.2, -0.15) is 5.26 Å². The maximum atomic E-state index is 12.0. The van der Waals surface area contributed by atoms with E-state index in [0.29, 0.717) is 11.4 Å². The average Bonchev–Trinajstić information content (AvgIpc) is 2.38. The van der Waals surface area contributed by atoms with Gasteiger partial charge in [0.25, 0.3) is 5.91 Å². The molecule has 0 radical (unpaired) electrons. The zero-order valence-electron chi connectivity index (χ0n) is 12.0. The van der Waals surface area contributed by atoms with Crippen molar-refractivity contribution in [3.63, 3.8) is 0 Å². The highest BCUT2D eigenvalue weighted by Crippen LogP contribution is 2.26. The number of carbonyl (C=O) groups excluding carboxylic acids is 1. The van der Waals surface area contributed by atoms with Crippen LogP contribution in [0.2, 0.25) is 0 Å². The fourth-order valence-corrected chi connectivity index (χ4v) is 1.48. The van der Waals surface area contributed by atoms with Crippen molar-refractivity contribution in [1.29, 1.82) is 5.26 Å². The smallest absolute Gasteiger partial charge is 0.269 e. The van der Waals surface area contributed by atoms with Crippen LogP contribution in [0.25, 0.3) is 0 Å². The first-order valence-corrected chi connectivity index (χ1v) is 6.09. The molecular weight excluding hydrogens is 256 g/mol. The van der Waals surface area contributed by atoms with Crippen molar-refractivity contribution in [2.24, 2.45) is 5.41 Å². The largest absolute Gasteiger partial charge is 0.510 e. The Balaban J connectivity index is 3.03. The molecule has 106 valence electrons. The predicted octanol–water partition coefficient (Wildman–Crippen LogP) is 3.02. The van der Waals surface area contributed by atoms with E-state index in [4.69, 9.17) is 10.00 Å². The Labute approximate surface area is 118 Å². The number of aliphatic hydroxyl groups is 1. The molecule has 1 amide bonds. The van der Waals surface area contributed by atoms with Gasteiger partial charge in [0.2, 0.25) is 0 Å². The number of nitrogens with one attached hydrogen (secondary N) is 1. The molecule has 0 atom stereocenters. The van der Waals surface area contributed by atoms with Gasteiger partial charge in [0.1, 0.15) is 17.6 Å². The molecule has 0 aliphatic carbocycles. The molecule has 2 N–H and O–H groups in total. The van der Waals surface area contributed by atoms with E-state index in [1.165, 1.54) is 7.11 Å². The minimum Gasteiger partial charge on any atom is -0.510 e. The summed E-state index contributed by atoms with van der Waals surface area (Å²) < 4.78 is 5.05. The second-order valence-corrected chi connectivity index (χ2v) is 5.27. The van der Waals surface area contributed by atoms with Crippen molar-refractivity contribution in [3.05, 3.63) is 35.6 Å². The fourth-order valence-electron chi connectivity index (χ4n) is 1.48. The predicted molar refractivity (Wildman–Crippen MR) is 76.3 cm³/mol. The first-order chi connectivity index (χ1) is 9.29. The Morgan fingerprint density at radius 2 is 2.05 bits per heavy atom. The summed E-state index contributed by atoms with van der Waals surface area (Å²) >= 11 is 0. The molecule has 1 rings (SSSR count). The summed E-state index contributed by atoms with van der Waals surface area (Å²) in [6.07, 6.45) is 0. The lowest BCUT2D eigenvalue weighted by atomic mass is 9.90. The quantitative estimate of drug-likeness (QED) is 0.504. The monoisotopic (exact) mass is 274 g/mol. The number of ether oxygens (including phenoxy) is 1. The maximum Gasteiger partial charge on any atom is 0.269 e. The summed E-state index contributed by atoms with van der Waals surface area (Å²) in [6.45, 7) is 5.16. The number of hydrogen-bond donors (Lipinski definition) is 2. The van der Waals surface area contributed by atoms with Crippen LogP contribution in [0.1, 0.15) is 20.8 Å². The molecule has 0 saturated heterocycles. The van der Waals surface area contributed by atoms with Crippen LogP contribution >= 0.6 is 0 Å². The molecule has 0 aliphatic rings. The lowest BCUT2D eigenvalue weighted by Crippen LogP contribution is -2.20. The molecule has 5 heteroatoms. The number of hydrogen-bond acceptors (Lipinski definition) is 4. The molecular formula is C15H18N2O3. The van der Waals surface area contributed by atoms with E-state index in [2.05, 4.69) is 5.32 Å². The van der Waals surface area contributed by atoms with Gasteiger partial charge in [0.15, 0.2) is 5.57 Å². The summed E-state index contributed by atoms with van der Waals surface area (Å²) in [4.78, 5) is 12.0. The Kier molecular flexibility index (Phi) is 4.76. The third-order valence-electron chi connectivity index (χ3n) is 2.61. The molecule has 0 heterocycles. The summed E-state index contributed by atoms with van der Waals surface area (Å²) in [5, 5.41) is 21.6. The average molecular weight is 274 g/mol. The second kappa shape index (κ2) is 6.11. The van der Waals surface area contributed by atoms with Crippen LogP contribution in [-0.4, -0.2) is 18.1 Å². The molecule has 0 saturated carbocycles. The molecule has 0 aliphatic heterocycles. The zero-order chi connectivity index (χ0) is 15.3. The summed E-state index contributed by atoms with van der Waals surface area (Å²) in [6, 6.07) is 8.50. The molecule has 1 aromatic rings. The Morgan fingerprint density at radius 3 is 2.55 bits per heavy atom. The van der Waals surface area contributed by atoms with E-state index in [9.17, 15) is 9.90 Å². The number of nitriles is 1. The number of carbonyl (C=O) groups is 1. The van der Waals surface area contributed by atoms with Crippen molar-refractivity contribution in [3.8, 4) is 11.8 Å². The fraction of sp³-hybridized carbons (Fsp3) is 0.333. The van der Waals surface area contributed by atoms with E-state index >= 15 is 0 Å². The highest BCUT2D eigenvalue weighted by molar-refractivity contribution is 6.07. The van der Waals surface area contributed by atoms with Crippen LogP contribution in [0.15, 0.2) is 35.6 Å². The minimum atomic E-state index is -0.670. The second-order valence-electron chi connectivity index (χ2n) is 5.27. The van der Waals surface area contributed by atoms with Gasteiger partial charge in [-0.15, -0.1) is 0 Å². The number of benzene rings is 1. The number of methoxy groups -OCH3 is 1. The van der Waals surface area contributed by atoms with E-state index in [-0.39, 0.29) is 11.3 Å². The van der Waals surface area contributed by atoms with Crippen molar-refractivity contribution < 1.29 is 14.6 Å². The Morgan fingerprint density at radius 1 is 1.40 bits per heavy atom. The number of allylic oxidation sites excluding steroid dienone is 1. The SMILES string of the molecule is COc1cccc(NC(=O)/C(C#N)=C(\O)C(C)(C)C)c1. The zero-order valence-corrected chi connectivity index (χ0v) is 12.0. The molecule has 5 nitrogen and oxygen atoms in total. The van der Waals surface area contributed by atoms with Crippen molar-refractivity contribution in [1.82, 2.24) is 0 Å². The number of amides is 1. The Bertz CT molecular complexity index is 578. The summed E-state index contributed by atoms with van der Waals surface area (Å²) in [5.74, 6) is -0.293. The first-order valence-electron chi connectivity index (χ1n) is 6.09. The summed E-state index contributed by atoms with van der Waals surface area (Å²) in [7, 11) is 1.52. The number of aliphatic hydroxyl groups excluding tert-OH is 1. The first kappa shape index (κ1) is 15.6. The van der Waals surface area contributed by atoms with Gasteiger partial charge in [-0.05, 0) is 12.1 Å². The van der Waals surface area contributed by atoms with E-state index in [1.54, 1.807) is 51.1 Å². The van der Waals surface area contributed by atoms with Gasteiger partial charge in [-0.25, -0.2) is 0 Å².